The third kappa shape index (κ3) is 3.67. The third-order valence-electron chi connectivity index (χ3n) is 3.53. The average Bonchev–Trinajstić information content (AvgIpc) is 3.00. The lowest BCUT2D eigenvalue weighted by Crippen LogP contribution is -2.34. The Morgan fingerprint density at radius 1 is 1.23 bits per heavy atom. The number of halogens is 1. The molecule has 2 aromatic heterocycles. The molecule has 3 rings (SSSR count). The summed E-state index contributed by atoms with van der Waals surface area (Å²) in [6.07, 6.45) is 1.31. The van der Waals surface area contributed by atoms with Crippen molar-refractivity contribution in [3.8, 4) is 0 Å². The second-order valence-electron chi connectivity index (χ2n) is 5.30. The minimum absolute atomic E-state index is 0.141. The highest BCUT2D eigenvalue weighted by molar-refractivity contribution is 6.33. The number of nitrogens with two attached hydrogens (primary N) is 1. The fourth-order valence-corrected chi connectivity index (χ4v) is 2.45. The number of rotatable bonds is 5. The molecule has 0 saturated heterocycles. The number of nitrogens with zero attached hydrogens (tertiary/aromatic N) is 1. The Balaban J connectivity index is 1.56. The van der Waals surface area contributed by atoms with Gasteiger partial charge in [0.1, 0.15) is 5.82 Å². The van der Waals surface area contributed by atoms with Crippen LogP contribution in [0.25, 0.3) is 11.1 Å². The van der Waals surface area contributed by atoms with Crippen molar-refractivity contribution < 1.29 is 14.0 Å². The van der Waals surface area contributed by atoms with E-state index >= 15 is 0 Å². The van der Waals surface area contributed by atoms with Gasteiger partial charge in [0.15, 0.2) is 5.58 Å². The molecule has 2 heterocycles. The Morgan fingerprint density at radius 2 is 1.96 bits per heavy atom. The van der Waals surface area contributed by atoms with Gasteiger partial charge in [-0.2, -0.15) is 0 Å². The number of para-hydroxylation sites is 1. The van der Waals surface area contributed by atoms with Crippen molar-refractivity contribution >= 4 is 40.3 Å². The van der Waals surface area contributed by atoms with Gasteiger partial charge in [-0.15, -0.1) is 0 Å². The van der Waals surface area contributed by atoms with Gasteiger partial charge in [-0.1, -0.05) is 17.7 Å². The van der Waals surface area contributed by atoms with E-state index < -0.39 is 17.6 Å². The maximum atomic E-state index is 12.2. The summed E-state index contributed by atoms with van der Waals surface area (Å²) in [6, 6.07) is 6.15. The van der Waals surface area contributed by atoms with Crippen LogP contribution in [0, 0.1) is 0 Å². The Hall–Kier alpha value is -3.33. The number of oxazole rings is 1. The van der Waals surface area contributed by atoms with E-state index in [0.29, 0.717) is 11.1 Å². The highest BCUT2D eigenvalue weighted by Crippen LogP contribution is 2.16. The van der Waals surface area contributed by atoms with Crippen LogP contribution in [0.3, 0.4) is 0 Å². The molecule has 0 bridgehead atoms. The van der Waals surface area contributed by atoms with Gasteiger partial charge in [0, 0.05) is 19.3 Å². The summed E-state index contributed by atoms with van der Waals surface area (Å²) in [5.41, 5.74) is 6.64. The van der Waals surface area contributed by atoms with Crippen LogP contribution in [0.2, 0.25) is 5.02 Å². The summed E-state index contributed by atoms with van der Waals surface area (Å²) in [5.74, 6) is -1.29. The maximum Gasteiger partial charge on any atom is 0.417 e. The van der Waals surface area contributed by atoms with Gasteiger partial charge < -0.3 is 20.8 Å². The van der Waals surface area contributed by atoms with Crippen molar-refractivity contribution in [1.29, 1.82) is 0 Å². The van der Waals surface area contributed by atoms with Crippen molar-refractivity contribution in [3.05, 3.63) is 57.2 Å². The minimum atomic E-state index is -0.636. The van der Waals surface area contributed by atoms with Crippen LogP contribution in [-0.4, -0.2) is 34.9 Å². The number of amides is 2. The molecule has 0 aliphatic heterocycles. The number of nitrogen functional groups attached to an aromatic ring is 1. The first-order valence-electron chi connectivity index (χ1n) is 7.55. The van der Waals surface area contributed by atoms with Gasteiger partial charge in [0.2, 0.25) is 0 Å². The lowest BCUT2D eigenvalue weighted by molar-refractivity contribution is 0.0928. The first kappa shape index (κ1) is 17.5. The molecule has 134 valence electrons. The van der Waals surface area contributed by atoms with E-state index in [1.54, 1.807) is 18.2 Å². The predicted octanol–water partition coefficient (Wildman–Crippen LogP) is 0.912. The van der Waals surface area contributed by atoms with Crippen LogP contribution in [0.5, 0.6) is 0 Å². The number of aromatic nitrogens is 2. The predicted molar refractivity (Wildman–Crippen MR) is 95.2 cm³/mol. The number of benzene rings is 1. The molecule has 26 heavy (non-hydrogen) atoms. The first-order valence-corrected chi connectivity index (χ1v) is 7.93. The fraction of sp³-hybridized carbons (Fsp3) is 0.125. The monoisotopic (exact) mass is 375 g/mol. The normalized spacial score (nSPS) is 10.7. The number of H-pyrrole nitrogens is 1. The van der Waals surface area contributed by atoms with Gasteiger partial charge in [-0.25, -0.2) is 9.78 Å². The van der Waals surface area contributed by atoms with E-state index in [1.165, 1.54) is 12.3 Å². The minimum Gasteiger partial charge on any atom is -0.408 e. The maximum absolute atomic E-state index is 12.2. The van der Waals surface area contributed by atoms with Crippen molar-refractivity contribution in [2.24, 2.45) is 0 Å². The molecule has 1 aromatic carbocycles. The molecule has 0 atom stereocenters. The zero-order valence-electron chi connectivity index (χ0n) is 13.3. The SMILES string of the molecule is Nc1ncc(C(=O)NCCNC(=O)c2cccc3oc(=O)[nH]c23)cc1Cl. The molecule has 0 saturated carbocycles. The molecule has 0 aliphatic rings. The third-order valence-corrected chi connectivity index (χ3v) is 3.83. The highest BCUT2D eigenvalue weighted by atomic mass is 35.5. The number of pyridine rings is 1. The van der Waals surface area contributed by atoms with E-state index in [-0.39, 0.29) is 35.1 Å². The number of hydrogen-bond acceptors (Lipinski definition) is 6. The smallest absolute Gasteiger partial charge is 0.408 e. The highest BCUT2D eigenvalue weighted by Gasteiger charge is 2.13. The zero-order valence-corrected chi connectivity index (χ0v) is 14.1. The molecule has 0 fully saturated rings. The van der Waals surface area contributed by atoms with Crippen LogP contribution < -0.4 is 22.1 Å². The number of fused-ring (bicyclic) bond motifs is 1. The summed E-state index contributed by atoms with van der Waals surface area (Å²) < 4.78 is 4.91. The first-order chi connectivity index (χ1) is 12.5. The number of aromatic amines is 1. The van der Waals surface area contributed by atoms with Crippen LogP contribution in [0.1, 0.15) is 20.7 Å². The summed E-state index contributed by atoms with van der Waals surface area (Å²) in [6.45, 7) is 0.365. The van der Waals surface area contributed by atoms with Crippen LogP contribution in [0.4, 0.5) is 5.82 Å². The molecular formula is C16H14ClN5O4. The van der Waals surface area contributed by atoms with Gasteiger partial charge in [0.05, 0.1) is 21.7 Å². The van der Waals surface area contributed by atoms with Crippen LogP contribution in [-0.2, 0) is 0 Å². The van der Waals surface area contributed by atoms with E-state index in [2.05, 4.69) is 20.6 Å². The molecule has 0 spiro atoms. The van der Waals surface area contributed by atoms with E-state index in [1.807, 2.05) is 0 Å². The van der Waals surface area contributed by atoms with Crippen LogP contribution >= 0.6 is 11.6 Å². The summed E-state index contributed by atoms with van der Waals surface area (Å²) >= 11 is 5.82. The van der Waals surface area contributed by atoms with Crippen molar-refractivity contribution in [2.75, 3.05) is 18.8 Å². The van der Waals surface area contributed by atoms with Crippen molar-refractivity contribution in [2.45, 2.75) is 0 Å². The van der Waals surface area contributed by atoms with Gasteiger partial charge in [0.25, 0.3) is 11.8 Å². The molecular weight excluding hydrogens is 362 g/mol. The molecule has 2 amide bonds. The van der Waals surface area contributed by atoms with Crippen molar-refractivity contribution in [1.82, 2.24) is 20.6 Å². The standard InChI is InChI=1S/C16H14ClN5O4/c17-10-6-8(7-21-13(10)18)14(23)19-4-5-20-15(24)9-2-1-3-11-12(9)22-16(25)26-11/h1-3,6-7H,4-5H2,(H2,18,21)(H,19,23)(H,20,24)(H,22,25). The van der Waals surface area contributed by atoms with Gasteiger partial charge in [-0.3, -0.25) is 14.6 Å². The fourth-order valence-electron chi connectivity index (χ4n) is 2.28. The number of anilines is 1. The van der Waals surface area contributed by atoms with Crippen molar-refractivity contribution in [3.63, 3.8) is 0 Å². The largest absolute Gasteiger partial charge is 0.417 e. The second kappa shape index (κ2) is 7.28. The Labute approximate surface area is 151 Å². The Morgan fingerprint density at radius 3 is 2.69 bits per heavy atom. The van der Waals surface area contributed by atoms with E-state index in [0.717, 1.165) is 0 Å². The average molecular weight is 376 g/mol. The summed E-state index contributed by atoms with van der Waals surface area (Å²) in [5, 5.41) is 5.46. The number of carbonyl (C=O) groups is 2. The molecule has 3 aromatic rings. The molecule has 0 unspecified atom stereocenters. The lowest BCUT2D eigenvalue weighted by atomic mass is 10.2. The molecule has 5 N–H and O–H groups in total. The van der Waals surface area contributed by atoms with Gasteiger partial charge >= 0.3 is 5.76 Å². The molecule has 9 nitrogen and oxygen atoms in total. The Bertz CT molecular complexity index is 1040. The quantitative estimate of drug-likeness (QED) is 0.488. The number of hydrogen-bond donors (Lipinski definition) is 4. The molecule has 0 aliphatic carbocycles. The van der Waals surface area contributed by atoms with E-state index in [4.69, 9.17) is 21.8 Å². The second-order valence-corrected chi connectivity index (χ2v) is 5.70. The molecule has 0 radical (unpaired) electrons. The topological polar surface area (TPSA) is 143 Å². The van der Waals surface area contributed by atoms with Gasteiger partial charge in [-0.05, 0) is 18.2 Å². The Kier molecular flexibility index (Phi) is 4.90. The number of nitrogens with one attached hydrogen (secondary N) is 3. The zero-order chi connectivity index (χ0) is 18.7. The summed E-state index contributed by atoms with van der Waals surface area (Å²) in [4.78, 5) is 41.7. The lowest BCUT2D eigenvalue weighted by Gasteiger charge is -2.08. The van der Waals surface area contributed by atoms with E-state index in [9.17, 15) is 14.4 Å². The molecule has 10 heteroatoms. The summed E-state index contributed by atoms with van der Waals surface area (Å²) in [7, 11) is 0. The number of carbonyl (C=O) groups excluding carboxylic acids is 2. The van der Waals surface area contributed by atoms with Crippen LogP contribution in [0.15, 0.2) is 39.7 Å².